The van der Waals surface area contributed by atoms with E-state index in [9.17, 15) is 14.4 Å². The quantitative estimate of drug-likeness (QED) is 0.655. The Bertz CT molecular complexity index is 1010. The Hall–Kier alpha value is -2.06. The van der Waals surface area contributed by atoms with Crippen molar-refractivity contribution >= 4 is 50.9 Å². The molecule has 7 nitrogen and oxygen atoms in total. The van der Waals surface area contributed by atoms with Gasteiger partial charge in [-0.05, 0) is 47.5 Å². The lowest BCUT2D eigenvalue weighted by Crippen LogP contribution is -2.46. The van der Waals surface area contributed by atoms with Crippen molar-refractivity contribution in [3.8, 4) is 0 Å². The Morgan fingerprint density at radius 1 is 1.24 bits per heavy atom. The van der Waals surface area contributed by atoms with Gasteiger partial charge in [0.15, 0.2) is 0 Å². The number of nitrogens with zero attached hydrogens (tertiary/aromatic N) is 1. The lowest BCUT2D eigenvalue weighted by molar-refractivity contribution is -0.125. The molecule has 130 valence electrons. The van der Waals surface area contributed by atoms with Gasteiger partial charge >= 0.3 is 0 Å². The average Bonchev–Trinajstić information content (AvgIpc) is 2.97. The van der Waals surface area contributed by atoms with Crippen LogP contribution in [0.15, 0.2) is 21.4 Å². The molecule has 25 heavy (non-hydrogen) atoms. The highest BCUT2D eigenvalue weighted by molar-refractivity contribution is 9.10. The molecule has 1 aromatic carbocycles. The predicted octanol–water partition coefficient (Wildman–Crippen LogP) is 2.75. The first kappa shape index (κ1) is 16.4. The molecule has 4 rings (SSSR count). The largest absolute Gasteiger partial charge is 0.324 e. The molecule has 0 saturated carbocycles. The Morgan fingerprint density at radius 2 is 1.96 bits per heavy atom. The third kappa shape index (κ3) is 2.07. The van der Waals surface area contributed by atoms with Crippen molar-refractivity contribution in [3.05, 3.63) is 43.1 Å². The van der Waals surface area contributed by atoms with Gasteiger partial charge in [-0.15, -0.1) is 0 Å². The second-order valence-electron chi connectivity index (χ2n) is 6.52. The van der Waals surface area contributed by atoms with E-state index in [1.54, 1.807) is 16.8 Å². The van der Waals surface area contributed by atoms with Crippen LogP contribution in [0.1, 0.15) is 37.4 Å². The molecule has 9 heteroatoms. The summed E-state index contributed by atoms with van der Waals surface area (Å²) in [4.78, 5) is 38.2. The number of nitrogens with one attached hydrogen (secondary N) is 3. The number of aromatic amines is 1. The van der Waals surface area contributed by atoms with E-state index in [0.717, 1.165) is 0 Å². The zero-order valence-electron chi connectivity index (χ0n) is 13.4. The molecular weight excluding hydrogens is 412 g/mol. The molecule has 0 fully saturated rings. The topological polar surface area (TPSA) is 96.0 Å². The molecule has 1 atom stereocenters. The summed E-state index contributed by atoms with van der Waals surface area (Å²) in [5, 5.41) is 8.66. The summed E-state index contributed by atoms with van der Waals surface area (Å²) in [6.07, 6.45) is -0.156. The van der Waals surface area contributed by atoms with Crippen molar-refractivity contribution in [1.82, 2.24) is 9.78 Å². The maximum Gasteiger partial charge on any atom is 0.270 e. The van der Waals surface area contributed by atoms with E-state index in [2.05, 4.69) is 31.7 Å². The number of H-pyrrole nitrogens is 1. The van der Waals surface area contributed by atoms with Crippen molar-refractivity contribution in [1.29, 1.82) is 0 Å². The van der Waals surface area contributed by atoms with Crippen LogP contribution < -0.4 is 16.2 Å². The second kappa shape index (κ2) is 5.22. The maximum absolute atomic E-state index is 13.0. The number of benzene rings is 1. The molecule has 0 unspecified atom stereocenters. The van der Waals surface area contributed by atoms with Gasteiger partial charge in [-0.25, -0.2) is 0 Å². The van der Waals surface area contributed by atoms with Crippen molar-refractivity contribution < 1.29 is 9.59 Å². The van der Waals surface area contributed by atoms with Gasteiger partial charge in [0, 0.05) is 15.5 Å². The highest BCUT2D eigenvalue weighted by Crippen LogP contribution is 2.51. The van der Waals surface area contributed by atoms with Gasteiger partial charge in [0.05, 0.1) is 17.7 Å². The Kier molecular flexibility index (Phi) is 3.42. The van der Waals surface area contributed by atoms with Crippen LogP contribution in [0.3, 0.4) is 0 Å². The molecule has 1 spiro atoms. The van der Waals surface area contributed by atoms with Crippen molar-refractivity contribution in [2.45, 2.75) is 31.7 Å². The van der Waals surface area contributed by atoms with Crippen LogP contribution in [0.25, 0.3) is 0 Å². The number of amides is 2. The van der Waals surface area contributed by atoms with Crippen LogP contribution in [0.4, 0.5) is 11.5 Å². The molecule has 1 aromatic heterocycles. The Labute approximate surface area is 155 Å². The fourth-order valence-electron chi connectivity index (χ4n) is 3.66. The molecule has 0 bridgehead atoms. The van der Waals surface area contributed by atoms with Gasteiger partial charge in [-0.3, -0.25) is 24.2 Å². The smallest absolute Gasteiger partial charge is 0.270 e. The summed E-state index contributed by atoms with van der Waals surface area (Å²) in [7, 11) is 0. The minimum atomic E-state index is -1.39. The fourth-order valence-corrected chi connectivity index (χ4v) is 4.57. The van der Waals surface area contributed by atoms with Crippen molar-refractivity contribution in [2.75, 3.05) is 10.6 Å². The van der Waals surface area contributed by atoms with Crippen molar-refractivity contribution in [2.24, 2.45) is 0 Å². The third-order valence-corrected chi connectivity index (χ3v) is 5.54. The molecule has 2 amide bonds. The van der Waals surface area contributed by atoms with Gasteiger partial charge < -0.3 is 10.6 Å². The number of anilines is 2. The predicted molar refractivity (Wildman–Crippen MR) is 97.2 cm³/mol. The van der Waals surface area contributed by atoms with Crippen LogP contribution in [-0.2, 0) is 15.0 Å². The molecule has 3 heterocycles. The zero-order valence-corrected chi connectivity index (χ0v) is 15.7. The number of hydrogen-bond donors (Lipinski definition) is 3. The number of carbonyl (C=O) groups is 2. The monoisotopic (exact) mass is 424 g/mol. The zero-order chi connectivity index (χ0) is 18.1. The first-order valence-electron chi connectivity index (χ1n) is 7.71. The highest BCUT2D eigenvalue weighted by atomic mass is 79.9. The summed E-state index contributed by atoms with van der Waals surface area (Å²) in [6, 6.07) is 3.20. The summed E-state index contributed by atoms with van der Waals surface area (Å²) in [5.74, 6) is -0.413. The molecule has 0 radical (unpaired) electrons. The second-order valence-corrected chi connectivity index (χ2v) is 7.81. The number of halogens is 2. The van der Waals surface area contributed by atoms with Gasteiger partial charge in [-0.1, -0.05) is 11.6 Å². The van der Waals surface area contributed by atoms with Gasteiger partial charge in [-0.2, -0.15) is 0 Å². The third-order valence-electron chi connectivity index (χ3n) is 4.69. The van der Waals surface area contributed by atoms with Crippen LogP contribution in [0, 0.1) is 0 Å². The van der Waals surface area contributed by atoms with Gasteiger partial charge in [0.25, 0.3) is 5.56 Å². The van der Waals surface area contributed by atoms with Crippen LogP contribution in [0.2, 0.25) is 5.02 Å². The van der Waals surface area contributed by atoms with Crippen LogP contribution >= 0.6 is 27.5 Å². The first-order valence-corrected chi connectivity index (χ1v) is 8.88. The van der Waals surface area contributed by atoms with E-state index in [-0.39, 0.29) is 23.9 Å². The summed E-state index contributed by atoms with van der Waals surface area (Å²) in [6.45, 7) is 3.75. The number of hydrogen-bond acceptors (Lipinski definition) is 3. The van der Waals surface area contributed by atoms with E-state index in [4.69, 9.17) is 11.6 Å². The van der Waals surface area contributed by atoms with Gasteiger partial charge in [0.2, 0.25) is 11.8 Å². The van der Waals surface area contributed by atoms with E-state index in [0.29, 0.717) is 26.6 Å². The average molecular weight is 426 g/mol. The molecule has 0 saturated heterocycles. The minimum Gasteiger partial charge on any atom is -0.324 e. The maximum atomic E-state index is 13.0. The number of carbonyl (C=O) groups excluding carboxylic acids is 2. The summed E-state index contributed by atoms with van der Waals surface area (Å²) in [5.41, 5.74) is -0.491. The lowest BCUT2D eigenvalue weighted by Gasteiger charge is -2.31. The number of aromatic nitrogens is 2. The highest BCUT2D eigenvalue weighted by Gasteiger charge is 2.56. The lowest BCUT2D eigenvalue weighted by atomic mass is 9.71. The Balaban J connectivity index is 2.11. The summed E-state index contributed by atoms with van der Waals surface area (Å²) < 4.78 is 2.17. The molecule has 3 N–H and O–H groups in total. The fraction of sp³-hybridized carbons (Fsp3) is 0.312. The molecular formula is C16H14BrClN4O3. The molecule has 2 aliphatic rings. The van der Waals surface area contributed by atoms with Crippen molar-refractivity contribution in [3.63, 3.8) is 0 Å². The standard InChI is InChI=1S/C16H14BrClN4O3/c1-6(2)22-13-11(14(24)21-22)16(5-10(23)19-13)8-3-7(18)4-9(17)12(8)20-15(16)25/h3-4,6H,5H2,1-2H3,(H,19,23)(H,20,25)(H,21,24)/t16-/m0/s1. The summed E-state index contributed by atoms with van der Waals surface area (Å²) >= 11 is 9.56. The molecule has 2 aromatic rings. The van der Waals surface area contributed by atoms with Crippen LogP contribution in [-0.4, -0.2) is 21.6 Å². The molecule has 0 aliphatic carbocycles. The normalized spacial score (nSPS) is 21.3. The minimum absolute atomic E-state index is 0.0954. The van der Waals surface area contributed by atoms with E-state index in [1.165, 1.54) is 0 Å². The Morgan fingerprint density at radius 3 is 2.64 bits per heavy atom. The SMILES string of the molecule is CC(C)n1[nH]c(=O)c2c1NC(=O)C[C@@]21C(=O)Nc2c(Br)cc(Cl)cc21. The van der Waals surface area contributed by atoms with E-state index in [1.807, 2.05) is 13.8 Å². The van der Waals surface area contributed by atoms with Gasteiger partial charge in [0.1, 0.15) is 11.2 Å². The number of rotatable bonds is 1. The van der Waals surface area contributed by atoms with E-state index >= 15 is 0 Å². The first-order chi connectivity index (χ1) is 11.8. The molecule has 2 aliphatic heterocycles. The number of fused-ring (bicyclic) bond motifs is 4. The van der Waals surface area contributed by atoms with Crippen LogP contribution in [0.5, 0.6) is 0 Å². The van der Waals surface area contributed by atoms with E-state index < -0.39 is 16.9 Å².